The van der Waals surface area contributed by atoms with Crippen molar-refractivity contribution in [3.63, 3.8) is 0 Å². The average Bonchev–Trinajstić information content (AvgIpc) is 3.55. The number of fused-ring (bicyclic) bond motifs is 3. The number of anilines is 1. The zero-order valence-electron chi connectivity index (χ0n) is 28.0. The molecule has 2 amide bonds. The normalized spacial score (nSPS) is 25.6. The second-order valence-electron chi connectivity index (χ2n) is 14.9. The number of piperazine rings is 1. The summed E-state index contributed by atoms with van der Waals surface area (Å²) in [6.07, 6.45) is 9.40. The highest BCUT2D eigenvalue weighted by Crippen LogP contribution is 2.40. The molecule has 2 aromatic carbocycles. The number of amides is 2. The van der Waals surface area contributed by atoms with Crippen molar-refractivity contribution in [1.82, 2.24) is 24.7 Å². The molecule has 3 aliphatic heterocycles. The van der Waals surface area contributed by atoms with Crippen LogP contribution in [0, 0.1) is 11.8 Å². The summed E-state index contributed by atoms with van der Waals surface area (Å²) in [5, 5.41) is 17.2. The standard InChI is InChI=1S/C38H50N6O3/c1-4-25-5-8-27(9-6-25)35(45)41-37-40-33-16-7-26(24-42-19-17-29(18-20-42)38(2,3)47)21-34(33)44(37)30-12-10-28(11-13-30)36(46)43-31-14-15-32(43)23-39-22-31/h4-9,16,21,28-32,39,47H,1,10-15,17-20,22-24H2,2-3H3,(H,40,41,45). The van der Waals surface area contributed by atoms with Crippen LogP contribution in [0.1, 0.15) is 92.7 Å². The van der Waals surface area contributed by atoms with Crippen LogP contribution in [-0.2, 0) is 11.3 Å². The first kappa shape index (κ1) is 32.0. The van der Waals surface area contributed by atoms with Crippen molar-refractivity contribution in [3.05, 3.63) is 65.7 Å². The van der Waals surface area contributed by atoms with E-state index in [9.17, 15) is 14.7 Å². The van der Waals surface area contributed by atoms with Crippen molar-refractivity contribution in [1.29, 1.82) is 0 Å². The predicted octanol–water partition coefficient (Wildman–Crippen LogP) is 5.61. The van der Waals surface area contributed by atoms with Crippen LogP contribution in [0.5, 0.6) is 0 Å². The maximum absolute atomic E-state index is 13.7. The number of nitrogens with zero attached hydrogens (tertiary/aromatic N) is 4. The van der Waals surface area contributed by atoms with Crippen LogP contribution < -0.4 is 10.6 Å². The SMILES string of the molecule is C=Cc1ccc(C(=O)Nc2nc3ccc(CN4CCC(C(C)(C)O)CC4)cc3n2C2CCC(C(=O)N3C4CCC3CNC4)CC2)cc1. The van der Waals surface area contributed by atoms with Gasteiger partial charge in [-0.25, -0.2) is 4.98 Å². The van der Waals surface area contributed by atoms with E-state index in [1.807, 2.05) is 38.1 Å². The second-order valence-corrected chi connectivity index (χ2v) is 14.9. The summed E-state index contributed by atoms with van der Waals surface area (Å²) >= 11 is 0. The van der Waals surface area contributed by atoms with Gasteiger partial charge in [0.2, 0.25) is 11.9 Å². The Balaban J connectivity index is 1.12. The average molecular weight is 639 g/mol. The van der Waals surface area contributed by atoms with Crippen LogP contribution in [0.15, 0.2) is 49.0 Å². The van der Waals surface area contributed by atoms with E-state index >= 15 is 0 Å². The number of carbonyl (C=O) groups excluding carboxylic acids is 2. The minimum atomic E-state index is -0.639. The third kappa shape index (κ3) is 6.62. The van der Waals surface area contributed by atoms with Gasteiger partial charge < -0.3 is 19.9 Å². The van der Waals surface area contributed by atoms with Crippen LogP contribution in [0.3, 0.4) is 0 Å². The van der Waals surface area contributed by atoms with Gasteiger partial charge in [-0.1, -0.05) is 30.9 Å². The lowest BCUT2D eigenvalue weighted by Gasteiger charge is -2.39. The monoisotopic (exact) mass is 638 g/mol. The Morgan fingerprint density at radius 3 is 2.26 bits per heavy atom. The highest BCUT2D eigenvalue weighted by molar-refractivity contribution is 6.04. The van der Waals surface area contributed by atoms with Gasteiger partial charge in [0, 0.05) is 49.2 Å². The largest absolute Gasteiger partial charge is 0.390 e. The lowest BCUT2D eigenvalue weighted by molar-refractivity contribution is -0.140. The highest BCUT2D eigenvalue weighted by atomic mass is 16.3. The fourth-order valence-corrected chi connectivity index (χ4v) is 8.62. The minimum absolute atomic E-state index is 0.0611. The number of carbonyl (C=O) groups is 2. The molecule has 0 spiro atoms. The van der Waals surface area contributed by atoms with Crippen molar-refractivity contribution in [3.8, 4) is 0 Å². The maximum Gasteiger partial charge on any atom is 0.257 e. The van der Waals surface area contributed by atoms with Crippen molar-refractivity contribution < 1.29 is 14.7 Å². The molecule has 2 bridgehead atoms. The van der Waals surface area contributed by atoms with E-state index in [-0.39, 0.29) is 17.9 Å². The number of likely N-dealkylation sites (tertiary alicyclic amines) is 1. The summed E-state index contributed by atoms with van der Waals surface area (Å²) in [5.74, 6) is 1.11. The van der Waals surface area contributed by atoms with Crippen LogP contribution in [0.25, 0.3) is 17.1 Å². The van der Waals surface area contributed by atoms with E-state index in [0.717, 1.165) is 101 Å². The molecule has 3 aromatic rings. The van der Waals surface area contributed by atoms with Gasteiger partial charge in [-0.05, 0) is 120 Å². The van der Waals surface area contributed by atoms with Gasteiger partial charge in [-0.2, -0.15) is 0 Å². The maximum atomic E-state index is 13.7. The van der Waals surface area contributed by atoms with Gasteiger partial charge in [-0.3, -0.25) is 19.8 Å². The lowest BCUT2D eigenvalue weighted by atomic mass is 9.83. The van der Waals surface area contributed by atoms with Gasteiger partial charge >= 0.3 is 0 Å². The highest BCUT2D eigenvalue weighted by Gasteiger charge is 2.42. The number of hydrogen-bond acceptors (Lipinski definition) is 6. The Morgan fingerprint density at radius 2 is 1.62 bits per heavy atom. The predicted molar refractivity (Wildman–Crippen MR) is 186 cm³/mol. The molecule has 1 saturated carbocycles. The summed E-state index contributed by atoms with van der Waals surface area (Å²) in [6.45, 7) is 12.3. The molecule has 0 radical (unpaired) electrons. The molecule has 4 heterocycles. The fourth-order valence-electron chi connectivity index (χ4n) is 8.62. The second kappa shape index (κ2) is 13.2. The van der Waals surface area contributed by atoms with Crippen molar-refractivity contribution in [2.45, 2.75) is 95.5 Å². The Morgan fingerprint density at radius 1 is 0.957 bits per heavy atom. The van der Waals surface area contributed by atoms with Crippen LogP contribution in [0.2, 0.25) is 0 Å². The topological polar surface area (TPSA) is 103 Å². The quantitative estimate of drug-likeness (QED) is 0.297. The molecule has 1 aliphatic carbocycles. The fraction of sp³-hybridized carbons (Fsp3) is 0.553. The number of aliphatic hydroxyl groups is 1. The number of rotatable bonds is 8. The molecular formula is C38H50N6O3. The summed E-state index contributed by atoms with van der Waals surface area (Å²) in [6, 6.07) is 14.7. The first-order chi connectivity index (χ1) is 22.7. The number of imidazole rings is 1. The van der Waals surface area contributed by atoms with Crippen LogP contribution >= 0.6 is 0 Å². The zero-order chi connectivity index (χ0) is 32.7. The molecule has 4 aliphatic rings. The van der Waals surface area contributed by atoms with Gasteiger partial charge in [0.1, 0.15) is 0 Å². The molecule has 3 N–H and O–H groups in total. The molecule has 2 unspecified atom stereocenters. The third-order valence-corrected chi connectivity index (χ3v) is 11.4. The smallest absolute Gasteiger partial charge is 0.257 e. The molecule has 9 nitrogen and oxygen atoms in total. The van der Waals surface area contributed by atoms with Gasteiger partial charge in [0.15, 0.2) is 0 Å². The number of benzene rings is 2. The van der Waals surface area contributed by atoms with E-state index in [0.29, 0.717) is 35.4 Å². The molecular weight excluding hydrogens is 588 g/mol. The number of nitrogens with one attached hydrogen (secondary N) is 2. The molecule has 4 fully saturated rings. The minimum Gasteiger partial charge on any atom is -0.390 e. The van der Waals surface area contributed by atoms with Crippen molar-refractivity contribution in [2.75, 3.05) is 31.5 Å². The molecule has 250 valence electrons. The summed E-state index contributed by atoms with van der Waals surface area (Å²) in [4.78, 5) is 36.9. The molecule has 2 atom stereocenters. The van der Waals surface area contributed by atoms with Gasteiger partial charge in [-0.15, -0.1) is 0 Å². The number of aromatic nitrogens is 2. The van der Waals surface area contributed by atoms with E-state index in [4.69, 9.17) is 4.98 Å². The van der Waals surface area contributed by atoms with E-state index in [2.05, 4.69) is 49.8 Å². The Hall–Kier alpha value is -3.53. The summed E-state index contributed by atoms with van der Waals surface area (Å²) in [5.41, 5.74) is 4.01. The van der Waals surface area contributed by atoms with E-state index < -0.39 is 5.60 Å². The van der Waals surface area contributed by atoms with Crippen LogP contribution in [0.4, 0.5) is 5.95 Å². The lowest BCUT2D eigenvalue weighted by Crippen LogP contribution is -2.55. The van der Waals surface area contributed by atoms with Crippen molar-refractivity contribution in [2.24, 2.45) is 11.8 Å². The Kier molecular flexibility index (Phi) is 8.98. The molecule has 9 heteroatoms. The van der Waals surface area contributed by atoms with Crippen molar-refractivity contribution >= 4 is 34.9 Å². The Bertz CT molecular complexity index is 1590. The summed E-state index contributed by atoms with van der Waals surface area (Å²) in [7, 11) is 0. The van der Waals surface area contributed by atoms with Gasteiger partial charge in [0.05, 0.1) is 16.6 Å². The molecule has 3 saturated heterocycles. The Labute approximate surface area is 278 Å². The molecule has 7 rings (SSSR count). The van der Waals surface area contributed by atoms with E-state index in [1.165, 1.54) is 5.56 Å². The third-order valence-electron chi connectivity index (χ3n) is 11.4. The molecule has 1 aromatic heterocycles. The van der Waals surface area contributed by atoms with Gasteiger partial charge in [0.25, 0.3) is 5.91 Å². The first-order valence-corrected chi connectivity index (χ1v) is 17.7. The number of hydrogen-bond donors (Lipinski definition) is 3. The molecule has 47 heavy (non-hydrogen) atoms. The summed E-state index contributed by atoms with van der Waals surface area (Å²) < 4.78 is 2.24. The zero-order valence-corrected chi connectivity index (χ0v) is 28.0. The van der Waals surface area contributed by atoms with E-state index in [1.54, 1.807) is 6.08 Å². The first-order valence-electron chi connectivity index (χ1n) is 17.7. The van der Waals surface area contributed by atoms with Crippen LogP contribution in [-0.4, -0.2) is 80.1 Å². The number of piperidine rings is 1.